The maximum Gasteiger partial charge on any atom is 0.266 e. The van der Waals surface area contributed by atoms with Gasteiger partial charge in [0.15, 0.2) is 0 Å². The highest BCUT2D eigenvalue weighted by Gasteiger charge is 2.29. The van der Waals surface area contributed by atoms with Gasteiger partial charge in [-0.1, -0.05) is 47.2 Å². The van der Waals surface area contributed by atoms with Crippen LogP contribution in [0.15, 0.2) is 39.7 Å². The number of benzene rings is 1. The molecule has 3 nitrogen and oxygen atoms in total. The Labute approximate surface area is 146 Å². The van der Waals surface area contributed by atoms with Gasteiger partial charge in [0, 0.05) is 23.7 Å². The van der Waals surface area contributed by atoms with Gasteiger partial charge in [-0.2, -0.15) is 0 Å². The van der Waals surface area contributed by atoms with Crippen molar-refractivity contribution in [2.75, 3.05) is 7.05 Å². The van der Waals surface area contributed by atoms with Gasteiger partial charge in [-0.05, 0) is 30.3 Å². The molecule has 0 bridgehead atoms. The van der Waals surface area contributed by atoms with Crippen LogP contribution in [0.1, 0.15) is 5.76 Å². The zero-order valence-corrected chi connectivity index (χ0v) is 14.4. The van der Waals surface area contributed by atoms with Gasteiger partial charge in [-0.25, -0.2) is 0 Å². The first-order chi connectivity index (χ1) is 10.5. The fourth-order valence-electron chi connectivity index (χ4n) is 1.94. The number of carbonyl (C=O) groups excluding carboxylic acids is 1. The Morgan fingerprint density at radius 1 is 1.27 bits per heavy atom. The molecule has 0 spiro atoms. The number of likely N-dealkylation sites (N-methyl/N-ethyl adjacent to an activating group) is 1. The van der Waals surface area contributed by atoms with Crippen LogP contribution in [-0.2, 0) is 4.79 Å². The maximum atomic E-state index is 12.0. The predicted octanol–water partition coefficient (Wildman–Crippen LogP) is 5.08. The molecule has 1 fully saturated rings. The normalized spacial score (nSPS) is 16.9. The zero-order chi connectivity index (χ0) is 15.9. The number of furan rings is 1. The van der Waals surface area contributed by atoms with Crippen LogP contribution < -0.4 is 0 Å². The molecule has 1 aromatic heterocycles. The average molecular weight is 370 g/mol. The molecule has 0 unspecified atom stereocenters. The standard InChI is InChI=1S/C15H9Cl2NO2S2/c1-18-14(19)13(22-15(18)21)7-9-3-5-12(20-9)10-4-2-8(16)6-11(10)17/h2-7H,1H3/b13-7-. The van der Waals surface area contributed by atoms with Crippen molar-refractivity contribution in [1.29, 1.82) is 0 Å². The third-order valence-electron chi connectivity index (χ3n) is 3.08. The molecule has 1 saturated heterocycles. The fourth-order valence-corrected chi connectivity index (χ4v) is 3.60. The third kappa shape index (κ3) is 2.94. The van der Waals surface area contributed by atoms with E-state index in [4.69, 9.17) is 39.8 Å². The zero-order valence-electron chi connectivity index (χ0n) is 11.3. The summed E-state index contributed by atoms with van der Waals surface area (Å²) in [4.78, 5) is 13.9. The summed E-state index contributed by atoms with van der Waals surface area (Å²) in [6.45, 7) is 0. The summed E-state index contributed by atoms with van der Waals surface area (Å²) in [5.74, 6) is 1.05. The lowest BCUT2D eigenvalue weighted by Crippen LogP contribution is -2.22. The molecule has 0 aliphatic carbocycles. The first-order valence-corrected chi connectivity index (χ1v) is 8.20. The van der Waals surface area contributed by atoms with Crippen molar-refractivity contribution in [3.05, 3.63) is 51.0 Å². The number of rotatable bonds is 2. The molecular weight excluding hydrogens is 361 g/mol. The number of nitrogens with zero attached hydrogens (tertiary/aromatic N) is 1. The van der Waals surface area contributed by atoms with Gasteiger partial charge in [0.05, 0.1) is 9.93 Å². The summed E-state index contributed by atoms with van der Waals surface area (Å²) >= 11 is 18.4. The molecule has 0 radical (unpaired) electrons. The predicted molar refractivity (Wildman–Crippen MR) is 95.1 cm³/mol. The van der Waals surface area contributed by atoms with E-state index in [0.717, 1.165) is 5.56 Å². The van der Waals surface area contributed by atoms with E-state index in [1.54, 1.807) is 43.5 Å². The minimum atomic E-state index is -0.127. The van der Waals surface area contributed by atoms with E-state index in [-0.39, 0.29) is 5.91 Å². The van der Waals surface area contributed by atoms with Crippen LogP contribution in [0.25, 0.3) is 17.4 Å². The summed E-state index contributed by atoms with van der Waals surface area (Å²) in [5, 5.41) is 1.07. The Bertz CT molecular complexity index is 814. The van der Waals surface area contributed by atoms with Crippen LogP contribution in [0.2, 0.25) is 10.0 Å². The number of hydrogen-bond acceptors (Lipinski definition) is 4. The second-order valence-electron chi connectivity index (χ2n) is 4.57. The fraction of sp³-hybridized carbons (Fsp3) is 0.0667. The lowest BCUT2D eigenvalue weighted by molar-refractivity contribution is -0.121. The molecule has 1 amide bonds. The molecule has 2 heterocycles. The van der Waals surface area contributed by atoms with Crippen molar-refractivity contribution in [3.63, 3.8) is 0 Å². The summed E-state index contributed by atoms with van der Waals surface area (Å²) in [7, 11) is 1.65. The maximum absolute atomic E-state index is 12.0. The number of carbonyl (C=O) groups is 1. The molecule has 0 saturated carbocycles. The summed E-state index contributed by atoms with van der Waals surface area (Å²) in [6, 6.07) is 8.77. The number of thiocarbonyl (C=S) groups is 1. The Balaban J connectivity index is 1.92. The molecule has 2 aromatic rings. The lowest BCUT2D eigenvalue weighted by Gasteiger charge is -2.03. The molecule has 0 N–H and O–H groups in total. The van der Waals surface area contributed by atoms with Crippen molar-refractivity contribution in [1.82, 2.24) is 4.90 Å². The van der Waals surface area contributed by atoms with E-state index in [1.807, 2.05) is 0 Å². The Morgan fingerprint density at radius 2 is 2.05 bits per heavy atom. The monoisotopic (exact) mass is 369 g/mol. The second-order valence-corrected chi connectivity index (χ2v) is 7.09. The van der Waals surface area contributed by atoms with Gasteiger partial charge in [0.1, 0.15) is 15.8 Å². The summed E-state index contributed by atoms with van der Waals surface area (Å²) in [6.07, 6.45) is 1.68. The van der Waals surface area contributed by atoms with E-state index in [0.29, 0.717) is 30.8 Å². The highest BCUT2D eigenvalue weighted by molar-refractivity contribution is 8.26. The Kier molecular flexibility index (Phi) is 4.32. The van der Waals surface area contributed by atoms with Crippen LogP contribution >= 0.6 is 47.2 Å². The molecular formula is C15H9Cl2NO2S2. The van der Waals surface area contributed by atoms with Crippen molar-refractivity contribution < 1.29 is 9.21 Å². The van der Waals surface area contributed by atoms with Gasteiger partial charge in [0.25, 0.3) is 5.91 Å². The molecule has 7 heteroatoms. The topological polar surface area (TPSA) is 33.5 Å². The first-order valence-electron chi connectivity index (χ1n) is 6.22. The van der Waals surface area contributed by atoms with E-state index >= 15 is 0 Å². The summed E-state index contributed by atoms with van der Waals surface area (Å²) < 4.78 is 6.27. The minimum Gasteiger partial charge on any atom is -0.457 e. The van der Waals surface area contributed by atoms with Gasteiger partial charge in [-0.15, -0.1) is 0 Å². The molecule has 112 valence electrons. The van der Waals surface area contributed by atoms with Crippen LogP contribution in [0.3, 0.4) is 0 Å². The van der Waals surface area contributed by atoms with Gasteiger partial charge >= 0.3 is 0 Å². The van der Waals surface area contributed by atoms with Crippen LogP contribution in [-0.4, -0.2) is 22.2 Å². The van der Waals surface area contributed by atoms with Crippen molar-refractivity contribution >= 4 is 63.5 Å². The molecule has 22 heavy (non-hydrogen) atoms. The van der Waals surface area contributed by atoms with E-state index < -0.39 is 0 Å². The van der Waals surface area contributed by atoms with Crippen molar-refractivity contribution in [3.8, 4) is 11.3 Å². The quantitative estimate of drug-likeness (QED) is 0.545. The molecule has 0 atom stereocenters. The average Bonchev–Trinajstić information content (AvgIpc) is 3.01. The molecule has 1 aliphatic rings. The van der Waals surface area contributed by atoms with E-state index in [9.17, 15) is 4.79 Å². The number of halogens is 2. The third-order valence-corrected chi connectivity index (χ3v) is 5.12. The van der Waals surface area contributed by atoms with E-state index in [1.165, 1.54) is 16.7 Å². The van der Waals surface area contributed by atoms with Crippen LogP contribution in [0.5, 0.6) is 0 Å². The van der Waals surface area contributed by atoms with E-state index in [2.05, 4.69) is 0 Å². The highest BCUT2D eigenvalue weighted by atomic mass is 35.5. The first kappa shape index (κ1) is 15.6. The number of hydrogen-bond donors (Lipinski definition) is 0. The SMILES string of the molecule is CN1C(=O)/C(=C/c2ccc(-c3ccc(Cl)cc3Cl)o2)SC1=S. The molecule has 1 aliphatic heterocycles. The largest absolute Gasteiger partial charge is 0.457 e. The molecule has 3 rings (SSSR count). The van der Waals surface area contributed by atoms with Crippen molar-refractivity contribution in [2.45, 2.75) is 0 Å². The highest BCUT2D eigenvalue weighted by Crippen LogP contribution is 2.34. The Hall–Kier alpha value is -1.27. The van der Waals surface area contributed by atoms with Gasteiger partial charge < -0.3 is 4.42 Å². The minimum absolute atomic E-state index is 0.127. The van der Waals surface area contributed by atoms with Gasteiger partial charge in [-0.3, -0.25) is 9.69 Å². The van der Waals surface area contributed by atoms with Crippen LogP contribution in [0.4, 0.5) is 0 Å². The van der Waals surface area contributed by atoms with Crippen molar-refractivity contribution in [2.24, 2.45) is 0 Å². The van der Waals surface area contributed by atoms with Crippen LogP contribution in [0, 0.1) is 0 Å². The lowest BCUT2D eigenvalue weighted by atomic mass is 10.2. The Morgan fingerprint density at radius 3 is 2.68 bits per heavy atom. The second kappa shape index (κ2) is 6.08. The number of thioether (sulfide) groups is 1. The number of amides is 1. The summed E-state index contributed by atoms with van der Waals surface area (Å²) in [5.41, 5.74) is 0.744. The van der Waals surface area contributed by atoms with Gasteiger partial charge in [0.2, 0.25) is 0 Å². The smallest absolute Gasteiger partial charge is 0.266 e. The molecule has 1 aromatic carbocycles.